The van der Waals surface area contributed by atoms with Crippen molar-refractivity contribution >= 4 is 5.78 Å². The van der Waals surface area contributed by atoms with Crippen molar-refractivity contribution in [2.24, 2.45) is 0 Å². The van der Waals surface area contributed by atoms with E-state index in [4.69, 9.17) is 14.7 Å². The van der Waals surface area contributed by atoms with Gasteiger partial charge in [-0.1, -0.05) is 12.1 Å². The number of carbonyl (C=O) groups excluding carboxylic acids is 1. The van der Waals surface area contributed by atoms with Crippen LogP contribution in [0.3, 0.4) is 0 Å². The number of ketones is 1. The first-order valence-corrected chi connectivity index (χ1v) is 6.01. The number of benzene rings is 2. The first-order valence-electron chi connectivity index (χ1n) is 6.01. The Morgan fingerprint density at radius 3 is 2.50 bits per heavy atom. The van der Waals surface area contributed by atoms with Crippen LogP contribution in [-0.4, -0.2) is 12.9 Å². The average Bonchev–Trinajstić information content (AvgIpc) is 2.46. The Morgan fingerprint density at radius 2 is 1.85 bits per heavy atom. The quantitative estimate of drug-likeness (QED) is 0.795. The Labute approximate surface area is 117 Å². The molecule has 4 heteroatoms. The minimum Gasteiger partial charge on any atom is -0.496 e. The predicted molar refractivity (Wildman–Crippen MR) is 74.2 cm³/mol. The third-order valence-corrected chi connectivity index (χ3v) is 2.75. The molecule has 0 saturated heterocycles. The summed E-state index contributed by atoms with van der Waals surface area (Å²) in [4.78, 5) is 11.7. The van der Waals surface area contributed by atoms with E-state index in [9.17, 15) is 4.79 Å². The number of Topliss-reactive ketones (excluding diaryl/α,β-unsaturated/α-hetero) is 1. The number of hydrogen-bond donors (Lipinski definition) is 0. The summed E-state index contributed by atoms with van der Waals surface area (Å²) < 4.78 is 10.9. The largest absolute Gasteiger partial charge is 0.496 e. The van der Waals surface area contributed by atoms with Crippen molar-refractivity contribution in [1.82, 2.24) is 0 Å². The van der Waals surface area contributed by atoms with Crippen LogP contribution in [-0.2, 0) is 0 Å². The molecule has 0 aliphatic carbocycles. The topological polar surface area (TPSA) is 59.3 Å². The molecule has 0 fully saturated rings. The lowest BCUT2D eigenvalue weighted by atomic mass is 10.1. The van der Waals surface area contributed by atoms with Gasteiger partial charge in [0, 0.05) is 0 Å². The summed E-state index contributed by atoms with van der Waals surface area (Å²) in [5, 5.41) is 8.87. The van der Waals surface area contributed by atoms with E-state index in [0.717, 1.165) is 0 Å². The van der Waals surface area contributed by atoms with Crippen LogP contribution in [0, 0.1) is 11.3 Å². The smallest absolute Gasteiger partial charge is 0.167 e. The highest BCUT2D eigenvalue weighted by Crippen LogP contribution is 2.32. The van der Waals surface area contributed by atoms with Gasteiger partial charge in [0.05, 0.1) is 18.7 Å². The second kappa shape index (κ2) is 5.89. The van der Waals surface area contributed by atoms with Gasteiger partial charge in [0.25, 0.3) is 0 Å². The summed E-state index contributed by atoms with van der Waals surface area (Å²) in [5.74, 6) is 1.23. The molecule has 100 valence electrons. The fraction of sp³-hybridized carbons (Fsp3) is 0.125. The molecule has 0 spiro atoms. The van der Waals surface area contributed by atoms with Crippen LogP contribution in [0.1, 0.15) is 22.8 Å². The first kappa shape index (κ1) is 13.6. The molecule has 2 aromatic carbocycles. The molecule has 0 unspecified atom stereocenters. The molecule has 0 amide bonds. The summed E-state index contributed by atoms with van der Waals surface area (Å²) in [6, 6.07) is 13.9. The fourth-order valence-corrected chi connectivity index (χ4v) is 1.87. The molecular formula is C16H13NO3. The third kappa shape index (κ3) is 2.78. The molecule has 0 aliphatic heterocycles. The Balaban J connectivity index is 2.43. The van der Waals surface area contributed by atoms with Crippen molar-refractivity contribution in [3.8, 4) is 23.3 Å². The van der Waals surface area contributed by atoms with Crippen molar-refractivity contribution in [3.63, 3.8) is 0 Å². The predicted octanol–water partition coefficient (Wildman–Crippen LogP) is 3.56. The van der Waals surface area contributed by atoms with Crippen LogP contribution in [0.2, 0.25) is 0 Å². The normalized spacial score (nSPS) is 9.65. The van der Waals surface area contributed by atoms with Gasteiger partial charge in [-0.3, -0.25) is 4.79 Å². The zero-order valence-corrected chi connectivity index (χ0v) is 11.2. The van der Waals surface area contributed by atoms with Crippen LogP contribution in [0.5, 0.6) is 17.2 Å². The lowest BCUT2D eigenvalue weighted by Gasteiger charge is -2.12. The van der Waals surface area contributed by atoms with Gasteiger partial charge in [0.15, 0.2) is 5.78 Å². The number of rotatable bonds is 4. The standard InChI is InChI=1S/C16H13NO3/c1-11(18)16-14(19-2)7-4-8-15(16)20-13-6-3-5-12(9-13)10-17/h3-9H,1-2H3. The van der Waals surface area contributed by atoms with Crippen molar-refractivity contribution in [3.05, 3.63) is 53.6 Å². The third-order valence-electron chi connectivity index (χ3n) is 2.75. The van der Waals surface area contributed by atoms with Crippen LogP contribution >= 0.6 is 0 Å². The van der Waals surface area contributed by atoms with Crippen LogP contribution in [0.15, 0.2) is 42.5 Å². The molecular weight excluding hydrogens is 254 g/mol. The Kier molecular flexibility index (Phi) is 4.02. The summed E-state index contributed by atoms with van der Waals surface area (Å²) in [6.07, 6.45) is 0. The molecule has 0 radical (unpaired) electrons. The van der Waals surface area contributed by atoms with Gasteiger partial charge in [-0.2, -0.15) is 5.26 Å². The molecule has 0 heterocycles. The number of methoxy groups -OCH3 is 1. The van der Waals surface area contributed by atoms with E-state index in [1.54, 1.807) is 42.5 Å². The fourth-order valence-electron chi connectivity index (χ4n) is 1.87. The van der Waals surface area contributed by atoms with Crippen LogP contribution in [0.4, 0.5) is 0 Å². The highest BCUT2D eigenvalue weighted by Gasteiger charge is 2.15. The van der Waals surface area contributed by atoms with Gasteiger partial charge in [-0.05, 0) is 37.3 Å². The van der Waals surface area contributed by atoms with Gasteiger partial charge in [0.1, 0.15) is 22.8 Å². The number of nitriles is 1. The van der Waals surface area contributed by atoms with Crippen molar-refractivity contribution in [2.45, 2.75) is 6.92 Å². The molecule has 0 saturated carbocycles. The van der Waals surface area contributed by atoms with Gasteiger partial charge in [-0.15, -0.1) is 0 Å². The van der Waals surface area contributed by atoms with Gasteiger partial charge >= 0.3 is 0 Å². The van der Waals surface area contributed by atoms with Crippen molar-refractivity contribution < 1.29 is 14.3 Å². The molecule has 20 heavy (non-hydrogen) atoms. The van der Waals surface area contributed by atoms with Gasteiger partial charge < -0.3 is 9.47 Å². The van der Waals surface area contributed by atoms with E-state index in [1.807, 2.05) is 6.07 Å². The lowest BCUT2D eigenvalue weighted by molar-refractivity contribution is 0.101. The number of carbonyl (C=O) groups is 1. The van der Waals surface area contributed by atoms with Gasteiger partial charge in [-0.25, -0.2) is 0 Å². The van der Waals surface area contributed by atoms with E-state index >= 15 is 0 Å². The van der Waals surface area contributed by atoms with E-state index in [0.29, 0.717) is 28.4 Å². The SMILES string of the molecule is COc1cccc(Oc2cccc(C#N)c2)c1C(C)=O. The maximum Gasteiger partial charge on any atom is 0.167 e. The first-order chi connectivity index (χ1) is 9.65. The average molecular weight is 267 g/mol. The summed E-state index contributed by atoms with van der Waals surface area (Å²) in [5.41, 5.74) is 0.882. The van der Waals surface area contributed by atoms with Gasteiger partial charge in [0.2, 0.25) is 0 Å². The molecule has 0 bridgehead atoms. The Morgan fingerprint density at radius 1 is 1.15 bits per heavy atom. The van der Waals surface area contributed by atoms with Crippen LogP contribution < -0.4 is 9.47 Å². The molecule has 0 atom stereocenters. The summed E-state index contributed by atoms with van der Waals surface area (Å²) >= 11 is 0. The number of nitrogens with zero attached hydrogens (tertiary/aromatic N) is 1. The lowest BCUT2D eigenvalue weighted by Crippen LogP contribution is -2.01. The number of hydrogen-bond acceptors (Lipinski definition) is 4. The molecule has 2 aromatic rings. The zero-order valence-electron chi connectivity index (χ0n) is 11.2. The van der Waals surface area contributed by atoms with Crippen molar-refractivity contribution in [1.29, 1.82) is 5.26 Å². The van der Waals surface area contributed by atoms with E-state index in [1.165, 1.54) is 14.0 Å². The maximum absolute atomic E-state index is 11.7. The van der Waals surface area contributed by atoms with E-state index < -0.39 is 0 Å². The second-order valence-electron chi connectivity index (χ2n) is 4.13. The van der Waals surface area contributed by atoms with E-state index in [-0.39, 0.29) is 5.78 Å². The molecule has 0 N–H and O–H groups in total. The molecule has 0 aromatic heterocycles. The second-order valence-corrected chi connectivity index (χ2v) is 4.13. The molecule has 4 nitrogen and oxygen atoms in total. The Hall–Kier alpha value is -2.80. The zero-order chi connectivity index (χ0) is 14.5. The maximum atomic E-state index is 11.7. The molecule has 0 aliphatic rings. The van der Waals surface area contributed by atoms with E-state index in [2.05, 4.69) is 0 Å². The molecule has 2 rings (SSSR count). The van der Waals surface area contributed by atoms with Crippen molar-refractivity contribution in [2.75, 3.05) is 7.11 Å². The Bertz CT molecular complexity index is 686. The highest BCUT2D eigenvalue weighted by atomic mass is 16.5. The summed E-state index contributed by atoms with van der Waals surface area (Å²) in [7, 11) is 1.50. The summed E-state index contributed by atoms with van der Waals surface area (Å²) in [6.45, 7) is 1.45. The highest BCUT2D eigenvalue weighted by molar-refractivity contribution is 5.99. The van der Waals surface area contributed by atoms with Crippen LogP contribution in [0.25, 0.3) is 0 Å². The minimum absolute atomic E-state index is 0.145. The minimum atomic E-state index is -0.145. The number of ether oxygens (including phenoxy) is 2. The monoisotopic (exact) mass is 267 g/mol.